The summed E-state index contributed by atoms with van der Waals surface area (Å²) in [6.07, 6.45) is -2.11. The number of amides is 1. The summed E-state index contributed by atoms with van der Waals surface area (Å²) in [5.74, 6) is 3.21. The summed E-state index contributed by atoms with van der Waals surface area (Å²) in [5, 5.41) is 21.6. The molecule has 13 heteroatoms. The molecule has 39 heavy (non-hydrogen) atoms. The van der Waals surface area contributed by atoms with E-state index in [1.165, 1.54) is 6.20 Å². The molecule has 4 N–H and O–H groups in total. The Morgan fingerprint density at radius 3 is 2.38 bits per heavy atom. The van der Waals surface area contributed by atoms with Gasteiger partial charge in [-0.3, -0.25) is 23.9 Å². The number of rotatable bonds is 8. The summed E-state index contributed by atoms with van der Waals surface area (Å²) < 4.78 is 17.1. The van der Waals surface area contributed by atoms with Gasteiger partial charge in [0.2, 0.25) is 5.91 Å². The molecule has 1 aromatic rings. The van der Waals surface area contributed by atoms with Crippen LogP contribution in [0.15, 0.2) is 15.8 Å². The quantitative estimate of drug-likeness (QED) is 0.250. The van der Waals surface area contributed by atoms with Crippen LogP contribution >= 0.6 is 0 Å². The first-order valence-corrected chi connectivity index (χ1v) is 12.5. The fraction of sp³-hybridized carbons (Fsp3) is 0.654. The van der Waals surface area contributed by atoms with Crippen molar-refractivity contribution < 1.29 is 38.8 Å². The van der Waals surface area contributed by atoms with Crippen molar-refractivity contribution in [2.24, 2.45) is 0 Å². The molecule has 0 radical (unpaired) electrons. The predicted octanol–water partition coefficient (Wildman–Crippen LogP) is -0.133. The van der Waals surface area contributed by atoms with Crippen LogP contribution in [0.2, 0.25) is 0 Å². The zero-order valence-electron chi connectivity index (χ0n) is 23.0. The molecule has 2 rings (SSSR count). The van der Waals surface area contributed by atoms with Crippen molar-refractivity contribution in [3.8, 4) is 11.8 Å². The Labute approximate surface area is 225 Å². The Morgan fingerprint density at radius 1 is 1.18 bits per heavy atom. The number of esters is 2. The van der Waals surface area contributed by atoms with Gasteiger partial charge in [-0.2, -0.15) is 0 Å². The molecular weight excluding hydrogens is 514 g/mol. The van der Waals surface area contributed by atoms with E-state index in [4.69, 9.17) is 14.2 Å². The van der Waals surface area contributed by atoms with Gasteiger partial charge in [-0.15, -0.1) is 0 Å². The van der Waals surface area contributed by atoms with Crippen LogP contribution in [0.4, 0.5) is 0 Å². The molecule has 13 nitrogen and oxygen atoms in total. The minimum Gasteiger partial charge on any atom is -0.460 e. The molecule has 0 saturated carbocycles. The van der Waals surface area contributed by atoms with Crippen LogP contribution in [0.25, 0.3) is 0 Å². The maximum Gasteiger partial charge on any atom is 0.330 e. The third kappa shape index (κ3) is 10.3. The Hall–Kier alpha value is -3.47. The fourth-order valence-electron chi connectivity index (χ4n) is 3.55. The van der Waals surface area contributed by atoms with Crippen LogP contribution in [0.5, 0.6) is 0 Å². The predicted molar refractivity (Wildman–Crippen MR) is 137 cm³/mol. The molecule has 1 aliphatic rings. The zero-order valence-corrected chi connectivity index (χ0v) is 23.0. The van der Waals surface area contributed by atoms with Gasteiger partial charge in [0, 0.05) is 25.5 Å². The Morgan fingerprint density at radius 2 is 1.82 bits per heavy atom. The smallest absolute Gasteiger partial charge is 0.330 e. The van der Waals surface area contributed by atoms with Crippen LogP contribution in [-0.4, -0.2) is 73.7 Å². The molecule has 1 fully saturated rings. The number of H-pyrrole nitrogens is 1. The molecular formula is C26H37N3O10. The second-order valence-electron chi connectivity index (χ2n) is 11.1. The molecule has 1 amide bonds. The third-order valence-corrected chi connectivity index (χ3v) is 5.18. The standard InChI is InChI=1S/C26H37N3O10/c1-25(2,3)38-21(33)11-16(23(35)39-26(4,5)6)27-19(32)10-8-7-9-15-13-29(24(36)28-22(15)34)20-12-17(31)18(14-30)37-20/h13,16-18,20,30-31H,8,10-12,14H2,1-6H3,(H,27,32)(H,28,34,36)/t16?,17-,18-,20-/m1/s1. The number of ether oxygens (including phenoxy) is 3. The van der Waals surface area contributed by atoms with Crippen LogP contribution in [0.3, 0.4) is 0 Å². The number of aliphatic hydroxyl groups is 2. The van der Waals surface area contributed by atoms with Crippen molar-refractivity contribution >= 4 is 17.8 Å². The van der Waals surface area contributed by atoms with E-state index in [0.717, 1.165) is 4.57 Å². The molecule has 1 aliphatic heterocycles. The normalized spacial score (nSPS) is 19.9. The highest BCUT2D eigenvalue weighted by atomic mass is 16.6. The topological polar surface area (TPSA) is 186 Å². The van der Waals surface area contributed by atoms with E-state index >= 15 is 0 Å². The summed E-state index contributed by atoms with van der Waals surface area (Å²) in [6, 6.07) is -1.27. The van der Waals surface area contributed by atoms with Gasteiger partial charge in [0.25, 0.3) is 5.56 Å². The number of aromatic amines is 1. The first-order chi connectivity index (χ1) is 18.0. The molecule has 0 aromatic carbocycles. The number of nitrogens with one attached hydrogen (secondary N) is 2. The Kier molecular flexibility index (Phi) is 10.6. The first-order valence-electron chi connectivity index (χ1n) is 12.5. The lowest BCUT2D eigenvalue weighted by atomic mass is 10.1. The van der Waals surface area contributed by atoms with E-state index in [9.17, 15) is 34.2 Å². The van der Waals surface area contributed by atoms with E-state index in [0.29, 0.717) is 0 Å². The highest BCUT2D eigenvalue weighted by Gasteiger charge is 2.35. The van der Waals surface area contributed by atoms with E-state index in [2.05, 4.69) is 22.1 Å². The summed E-state index contributed by atoms with van der Waals surface area (Å²) in [7, 11) is 0. The summed E-state index contributed by atoms with van der Waals surface area (Å²) in [5.41, 5.74) is -3.20. The number of carbonyl (C=O) groups is 3. The minimum atomic E-state index is -1.27. The van der Waals surface area contributed by atoms with Crippen molar-refractivity contribution in [3.05, 3.63) is 32.6 Å². The second kappa shape index (κ2) is 13.1. The zero-order chi connectivity index (χ0) is 29.5. The number of aromatic nitrogens is 2. The molecule has 4 atom stereocenters. The van der Waals surface area contributed by atoms with E-state index < -0.39 is 77.8 Å². The molecule has 0 spiro atoms. The molecule has 0 bridgehead atoms. The minimum absolute atomic E-state index is 0.0108. The second-order valence-corrected chi connectivity index (χ2v) is 11.1. The van der Waals surface area contributed by atoms with E-state index in [-0.39, 0.29) is 24.8 Å². The lowest BCUT2D eigenvalue weighted by Gasteiger charge is -2.25. The van der Waals surface area contributed by atoms with E-state index in [1.807, 2.05) is 0 Å². The number of aliphatic hydroxyl groups excluding tert-OH is 2. The maximum atomic E-state index is 12.6. The lowest BCUT2D eigenvalue weighted by molar-refractivity contribution is -0.165. The van der Waals surface area contributed by atoms with Gasteiger partial charge in [-0.25, -0.2) is 9.59 Å². The number of carbonyl (C=O) groups excluding carboxylic acids is 3. The van der Waals surface area contributed by atoms with Gasteiger partial charge >= 0.3 is 17.6 Å². The SMILES string of the molecule is CC(C)(C)OC(=O)CC(NC(=O)CCC#Cc1cn([C@H]2C[C@@H](O)[C@@H](CO)O2)c(=O)[nH]c1=O)C(=O)OC(C)(C)C. The van der Waals surface area contributed by atoms with Crippen molar-refractivity contribution in [1.82, 2.24) is 14.9 Å². The maximum absolute atomic E-state index is 12.6. The number of hydrogen-bond acceptors (Lipinski definition) is 10. The average molecular weight is 552 g/mol. The summed E-state index contributed by atoms with van der Waals surface area (Å²) in [6.45, 7) is 9.57. The van der Waals surface area contributed by atoms with Crippen LogP contribution in [0.1, 0.15) is 79.0 Å². The summed E-state index contributed by atoms with van der Waals surface area (Å²) in [4.78, 5) is 63.9. The highest BCUT2D eigenvalue weighted by molar-refractivity contribution is 5.88. The molecule has 216 valence electrons. The van der Waals surface area contributed by atoms with Crippen molar-refractivity contribution in [2.75, 3.05) is 6.61 Å². The van der Waals surface area contributed by atoms with Crippen molar-refractivity contribution in [1.29, 1.82) is 0 Å². The average Bonchev–Trinajstić information content (AvgIpc) is 3.15. The molecule has 1 aromatic heterocycles. The van der Waals surface area contributed by atoms with Crippen LogP contribution < -0.4 is 16.6 Å². The first kappa shape index (κ1) is 31.7. The Bertz CT molecular complexity index is 1230. The van der Waals surface area contributed by atoms with E-state index in [1.54, 1.807) is 41.5 Å². The van der Waals surface area contributed by atoms with Gasteiger partial charge in [-0.05, 0) is 41.5 Å². The lowest BCUT2D eigenvalue weighted by Crippen LogP contribution is -2.46. The Balaban J connectivity index is 2.07. The van der Waals surface area contributed by atoms with Crippen molar-refractivity contribution in [2.45, 2.75) is 103 Å². The highest BCUT2D eigenvalue weighted by Crippen LogP contribution is 2.27. The fourth-order valence-corrected chi connectivity index (χ4v) is 3.55. The molecule has 1 saturated heterocycles. The number of hydrogen-bond donors (Lipinski definition) is 4. The molecule has 1 unspecified atom stereocenters. The van der Waals surface area contributed by atoms with Gasteiger partial charge in [-0.1, -0.05) is 11.8 Å². The summed E-state index contributed by atoms with van der Waals surface area (Å²) >= 11 is 0. The number of nitrogens with zero attached hydrogens (tertiary/aromatic N) is 1. The monoisotopic (exact) mass is 551 g/mol. The van der Waals surface area contributed by atoms with Crippen LogP contribution in [0, 0.1) is 11.8 Å². The van der Waals surface area contributed by atoms with Gasteiger partial charge < -0.3 is 29.7 Å². The largest absolute Gasteiger partial charge is 0.460 e. The van der Waals surface area contributed by atoms with Gasteiger partial charge in [0.05, 0.1) is 19.1 Å². The van der Waals surface area contributed by atoms with Gasteiger partial charge in [0.1, 0.15) is 35.1 Å². The van der Waals surface area contributed by atoms with Crippen LogP contribution in [-0.2, 0) is 28.6 Å². The van der Waals surface area contributed by atoms with Crippen molar-refractivity contribution in [3.63, 3.8) is 0 Å². The third-order valence-electron chi connectivity index (χ3n) is 5.18. The molecule has 0 aliphatic carbocycles. The molecule has 2 heterocycles. The van der Waals surface area contributed by atoms with Gasteiger partial charge in [0.15, 0.2) is 0 Å².